The first-order chi connectivity index (χ1) is 11.4. The average molecular weight is 351 g/mol. The zero-order chi connectivity index (χ0) is 17.7. The first kappa shape index (κ1) is 17.7. The molecular weight excluding hydrogens is 335 g/mol. The van der Waals surface area contributed by atoms with E-state index in [9.17, 15) is 14.0 Å². The van der Waals surface area contributed by atoms with Crippen LogP contribution in [0.1, 0.15) is 15.9 Å². The Kier molecular flexibility index (Phi) is 5.70. The van der Waals surface area contributed by atoms with E-state index in [4.69, 9.17) is 11.6 Å². The lowest BCUT2D eigenvalue weighted by Crippen LogP contribution is -2.29. The first-order valence-electron chi connectivity index (χ1n) is 7.03. The molecule has 0 bridgehead atoms. The van der Waals surface area contributed by atoms with Crippen LogP contribution in [-0.4, -0.2) is 35.9 Å². The Labute approximate surface area is 143 Å². The third-order valence-corrected chi connectivity index (χ3v) is 3.35. The molecular formula is C16H16ClFN4O2. The van der Waals surface area contributed by atoms with E-state index >= 15 is 0 Å². The van der Waals surface area contributed by atoms with Crippen LogP contribution in [0, 0.1) is 5.82 Å². The second-order valence-electron chi connectivity index (χ2n) is 5.18. The van der Waals surface area contributed by atoms with Gasteiger partial charge in [0, 0.05) is 37.4 Å². The zero-order valence-electron chi connectivity index (χ0n) is 13.1. The van der Waals surface area contributed by atoms with E-state index < -0.39 is 11.8 Å². The number of hydrogen-bond acceptors (Lipinski definition) is 3. The molecule has 0 aliphatic carbocycles. The van der Waals surface area contributed by atoms with Crippen LogP contribution >= 0.6 is 11.6 Å². The summed E-state index contributed by atoms with van der Waals surface area (Å²) in [5.74, 6) is -0.399. The first-order valence-corrected chi connectivity index (χ1v) is 7.41. The molecule has 126 valence electrons. The van der Waals surface area contributed by atoms with E-state index in [1.54, 1.807) is 26.2 Å². The van der Waals surface area contributed by atoms with Crippen LogP contribution in [0.2, 0.25) is 5.02 Å². The van der Waals surface area contributed by atoms with Crippen LogP contribution in [0.4, 0.5) is 15.0 Å². The van der Waals surface area contributed by atoms with Crippen LogP contribution in [0.15, 0.2) is 36.5 Å². The molecule has 3 amide bonds. The molecule has 1 heterocycles. The molecule has 0 unspecified atom stereocenters. The van der Waals surface area contributed by atoms with Gasteiger partial charge in [0.25, 0.3) is 5.91 Å². The van der Waals surface area contributed by atoms with Gasteiger partial charge in [0.05, 0.1) is 5.56 Å². The van der Waals surface area contributed by atoms with E-state index in [1.807, 2.05) is 0 Å². The van der Waals surface area contributed by atoms with E-state index in [0.29, 0.717) is 11.1 Å². The van der Waals surface area contributed by atoms with Crippen LogP contribution < -0.4 is 10.6 Å². The maximum Gasteiger partial charge on any atom is 0.320 e. The standard InChI is InChI=1S/C16H16ClFN4O2/c1-22(2)15(23)11-4-6-14(19-9-11)21-16(24)20-8-10-3-5-12(17)7-13(10)18/h3-7,9H,8H2,1-2H3,(H2,19,20,21,24). The SMILES string of the molecule is CN(C)C(=O)c1ccc(NC(=O)NCc2ccc(Cl)cc2F)nc1. The Hall–Kier alpha value is -2.67. The van der Waals surface area contributed by atoms with Gasteiger partial charge in [-0.1, -0.05) is 17.7 Å². The predicted octanol–water partition coefficient (Wildman–Crippen LogP) is 2.90. The highest BCUT2D eigenvalue weighted by Crippen LogP contribution is 2.14. The number of carbonyl (C=O) groups is 2. The fourth-order valence-electron chi connectivity index (χ4n) is 1.85. The highest BCUT2D eigenvalue weighted by atomic mass is 35.5. The molecule has 0 saturated heterocycles. The quantitative estimate of drug-likeness (QED) is 0.890. The van der Waals surface area contributed by atoms with Crippen LogP contribution in [0.5, 0.6) is 0 Å². The summed E-state index contributed by atoms with van der Waals surface area (Å²) in [4.78, 5) is 29.0. The minimum Gasteiger partial charge on any atom is -0.345 e. The van der Waals surface area contributed by atoms with E-state index in [1.165, 1.54) is 29.3 Å². The number of anilines is 1. The average Bonchev–Trinajstić information content (AvgIpc) is 2.54. The lowest BCUT2D eigenvalue weighted by Gasteiger charge is -2.11. The second-order valence-corrected chi connectivity index (χ2v) is 5.61. The summed E-state index contributed by atoms with van der Waals surface area (Å²) in [7, 11) is 3.27. The summed E-state index contributed by atoms with van der Waals surface area (Å²) in [6, 6.07) is 6.75. The third-order valence-electron chi connectivity index (χ3n) is 3.11. The summed E-state index contributed by atoms with van der Waals surface area (Å²) >= 11 is 5.67. The summed E-state index contributed by atoms with van der Waals surface area (Å²) in [6.07, 6.45) is 1.37. The minimum atomic E-state index is -0.538. The van der Waals surface area contributed by atoms with Crippen molar-refractivity contribution in [3.05, 3.63) is 58.5 Å². The van der Waals surface area contributed by atoms with Gasteiger partial charge in [0.2, 0.25) is 0 Å². The van der Waals surface area contributed by atoms with Crippen LogP contribution in [0.25, 0.3) is 0 Å². The number of amides is 3. The molecule has 0 fully saturated rings. The summed E-state index contributed by atoms with van der Waals surface area (Å²) in [5.41, 5.74) is 0.726. The smallest absolute Gasteiger partial charge is 0.320 e. The van der Waals surface area contributed by atoms with Crippen LogP contribution in [0.3, 0.4) is 0 Å². The number of aromatic nitrogens is 1. The van der Waals surface area contributed by atoms with Crippen molar-refractivity contribution in [3.8, 4) is 0 Å². The van der Waals surface area contributed by atoms with Gasteiger partial charge < -0.3 is 10.2 Å². The van der Waals surface area contributed by atoms with Gasteiger partial charge >= 0.3 is 6.03 Å². The maximum atomic E-state index is 13.6. The van der Waals surface area contributed by atoms with Crippen molar-refractivity contribution in [2.75, 3.05) is 19.4 Å². The van der Waals surface area contributed by atoms with Crippen molar-refractivity contribution in [2.45, 2.75) is 6.54 Å². The Balaban J connectivity index is 1.91. The molecule has 8 heteroatoms. The number of nitrogens with zero attached hydrogens (tertiary/aromatic N) is 2. The molecule has 2 aromatic rings. The molecule has 1 aromatic heterocycles. The molecule has 0 aliphatic rings. The molecule has 0 spiro atoms. The van der Waals surface area contributed by atoms with Crippen molar-refractivity contribution >= 4 is 29.4 Å². The Morgan fingerprint density at radius 2 is 2.00 bits per heavy atom. The molecule has 0 radical (unpaired) electrons. The largest absolute Gasteiger partial charge is 0.345 e. The van der Waals surface area contributed by atoms with Gasteiger partial charge in [-0.2, -0.15) is 0 Å². The number of rotatable bonds is 4. The predicted molar refractivity (Wildman–Crippen MR) is 89.5 cm³/mol. The molecule has 6 nitrogen and oxygen atoms in total. The molecule has 1 aromatic carbocycles. The maximum absolute atomic E-state index is 13.6. The van der Waals surface area contributed by atoms with Gasteiger partial charge in [0.15, 0.2) is 0 Å². The van der Waals surface area contributed by atoms with Crippen molar-refractivity contribution in [1.29, 1.82) is 0 Å². The van der Waals surface area contributed by atoms with Crippen molar-refractivity contribution < 1.29 is 14.0 Å². The lowest BCUT2D eigenvalue weighted by molar-refractivity contribution is 0.0827. The van der Waals surface area contributed by atoms with Crippen molar-refractivity contribution in [1.82, 2.24) is 15.2 Å². The Morgan fingerprint density at radius 3 is 2.58 bits per heavy atom. The van der Waals surface area contributed by atoms with Gasteiger partial charge in [-0.25, -0.2) is 14.2 Å². The van der Waals surface area contributed by atoms with Crippen molar-refractivity contribution in [2.24, 2.45) is 0 Å². The van der Waals surface area contributed by atoms with Gasteiger partial charge in [-0.15, -0.1) is 0 Å². The van der Waals surface area contributed by atoms with Gasteiger partial charge in [-0.05, 0) is 24.3 Å². The number of halogens is 2. The molecule has 24 heavy (non-hydrogen) atoms. The molecule has 2 rings (SSSR count). The van der Waals surface area contributed by atoms with Gasteiger partial charge in [-0.3, -0.25) is 10.1 Å². The number of urea groups is 1. The number of nitrogens with one attached hydrogen (secondary N) is 2. The van der Waals surface area contributed by atoms with Crippen molar-refractivity contribution in [3.63, 3.8) is 0 Å². The lowest BCUT2D eigenvalue weighted by atomic mass is 10.2. The summed E-state index contributed by atoms with van der Waals surface area (Å²) < 4.78 is 13.6. The highest BCUT2D eigenvalue weighted by Gasteiger charge is 2.10. The third kappa shape index (κ3) is 4.66. The number of carbonyl (C=O) groups excluding carboxylic acids is 2. The monoisotopic (exact) mass is 350 g/mol. The fourth-order valence-corrected chi connectivity index (χ4v) is 2.01. The highest BCUT2D eigenvalue weighted by molar-refractivity contribution is 6.30. The van der Waals surface area contributed by atoms with E-state index in [-0.39, 0.29) is 23.3 Å². The second kappa shape index (κ2) is 7.74. The normalized spacial score (nSPS) is 10.2. The number of pyridine rings is 1. The van der Waals surface area contributed by atoms with E-state index in [0.717, 1.165) is 0 Å². The molecule has 2 N–H and O–H groups in total. The number of benzene rings is 1. The minimum absolute atomic E-state index is 0.00599. The Morgan fingerprint density at radius 1 is 1.25 bits per heavy atom. The van der Waals surface area contributed by atoms with Gasteiger partial charge in [0.1, 0.15) is 11.6 Å². The topological polar surface area (TPSA) is 74.3 Å². The number of hydrogen-bond donors (Lipinski definition) is 2. The van der Waals surface area contributed by atoms with E-state index in [2.05, 4.69) is 15.6 Å². The molecule has 0 atom stereocenters. The van der Waals surface area contributed by atoms with Crippen LogP contribution in [-0.2, 0) is 6.54 Å². The summed E-state index contributed by atoms with van der Waals surface area (Å²) in [5, 5.41) is 5.31. The summed E-state index contributed by atoms with van der Waals surface area (Å²) in [6.45, 7) is 0.00599. The Bertz CT molecular complexity index is 750. The molecule has 0 aliphatic heterocycles. The zero-order valence-corrected chi connectivity index (χ0v) is 13.9. The fraction of sp³-hybridized carbons (Fsp3) is 0.188. The molecule has 0 saturated carbocycles.